The monoisotopic (exact) mass is 373 g/mol. The minimum Gasteiger partial charge on any atom is -0.497 e. The van der Waals surface area contributed by atoms with Crippen molar-refractivity contribution < 1.29 is 17.9 Å². The highest BCUT2D eigenvalue weighted by Crippen LogP contribution is 2.29. The Hall–Kier alpha value is -2.05. The molecule has 2 aromatic carbocycles. The number of fused-ring (bicyclic) bond motifs is 2. The summed E-state index contributed by atoms with van der Waals surface area (Å²) in [5.74, 6) is 1.53. The van der Waals surface area contributed by atoms with Gasteiger partial charge < -0.3 is 9.47 Å². The van der Waals surface area contributed by atoms with E-state index in [4.69, 9.17) is 9.47 Å². The molecule has 5 nitrogen and oxygen atoms in total. The van der Waals surface area contributed by atoms with E-state index in [0.29, 0.717) is 17.9 Å². The van der Waals surface area contributed by atoms with Crippen LogP contribution in [-0.2, 0) is 29.3 Å². The highest BCUT2D eigenvalue weighted by molar-refractivity contribution is 7.89. The van der Waals surface area contributed by atoms with Crippen molar-refractivity contribution >= 4 is 10.0 Å². The van der Waals surface area contributed by atoms with Crippen LogP contribution in [0, 0.1) is 0 Å². The van der Waals surface area contributed by atoms with Gasteiger partial charge in [-0.1, -0.05) is 6.07 Å². The van der Waals surface area contributed by atoms with Gasteiger partial charge in [0.2, 0.25) is 10.0 Å². The van der Waals surface area contributed by atoms with Crippen LogP contribution in [0.5, 0.6) is 11.5 Å². The smallest absolute Gasteiger partial charge is 0.240 e. The summed E-state index contributed by atoms with van der Waals surface area (Å²) >= 11 is 0. The lowest BCUT2D eigenvalue weighted by molar-refractivity contribution is 0.253. The fourth-order valence-corrected chi connectivity index (χ4v) is 5.01. The molecule has 1 atom stereocenters. The first-order valence-electron chi connectivity index (χ1n) is 8.99. The van der Waals surface area contributed by atoms with Crippen molar-refractivity contribution in [3.8, 4) is 11.5 Å². The summed E-state index contributed by atoms with van der Waals surface area (Å²) in [5.41, 5.74) is 3.39. The number of hydrogen-bond donors (Lipinski definition) is 1. The second-order valence-corrected chi connectivity index (χ2v) is 8.66. The number of sulfonamides is 1. The van der Waals surface area contributed by atoms with E-state index in [2.05, 4.69) is 4.72 Å². The molecule has 4 rings (SSSR count). The Morgan fingerprint density at radius 1 is 1.04 bits per heavy atom. The van der Waals surface area contributed by atoms with Crippen molar-refractivity contribution in [3.63, 3.8) is 0 Å². The van der Waals surface area contributed by atoms with Gasteiger partial charge in [0.15, 0.2) is 0 Å². The molecule has 6 heteroatoms. The van der Waals surface area contributed by atoms with Crippen LogP contribution in [0.25, 0.3) is 0 Å². The van der Waals surface area contributed by atoms with Crippen LogP contribution in [0.3, 0.4) is 0 Å². The molecule has 0 saturated carbocycles. The van der Waals surface area contributed by atoms with Gasteiger partial charge in [-0.25, -0.2) is 13.1 Å². The van der Waals surface area contributed by atoms with Crippen LogP contribution < -0.4 is 14.2 Å². The third-order valence-electron chi connectivity index (χ3n) is 5.13. The molecule has 1 aliphatic carbocycles. The number of rotatable bonds is 4. The highest BCUT2D eigenvalue weighted by Gasteiger charge is 2.26. The van der Waals surface area contributed by atoms with Crippen molar-refractivity contribution in [2.45, 2.75) is 43.0 Å². The van der Waals surface area contributed by atoms with E-state index in [0.717, 1.165) is 41.9 Å². The molecule has 0 radical (unpaired) electrons. The number of ether oxygens (including phenoxy) is 2. The summed E-state index contributed by atoms with van der Waals surface area (Å²) in [6.45, 7) is 0.323. The van der Waals surface area contributed by atoms with E-state index in [1.54, 1.807) is 13.2 Å². The van der Waals surface area contributed by atoms with E-state index < -0.39 is 10.0 Å². The van der Waals surface area contributed by atoms with Crippen molar-refractivity contribution in [3.05, 3.63) is 53.1 Å². The van der Waals surface area contributed by atoms with Crippen LogP contribution >= 0.6 is 0 Å². The van der Waals surface area contributed by atoms with Gasteiger partial charge >= 0.3 is 0 Å². The van der Waals surface area contributed by atoms with Crippen molar-refractivity contribution in [2.75, 3.05) is 13.7 Å². The van der Waals surface area contributed by atoms with Crippen molar-refractivity contribution in [1.82, 2.24) is 4.72 Å². The second-order valence-electron chi connectivity index (χ2n) is 6.94. The topological polar surface area (TPSA) is 64.6 Å². The molecule has 2 aliphatic rings. The molecule has 0 unspecified atom stereocenters. The average Bonchev–Trinajstić information content (AvgIpc) is 2.66. The van der Waals surface area contributed by atoms with Gasteiger partial charge in [-0.15, -0.1) is 0 Å². The van der Waals surface area contributed by atoms with Gasteiger partial charge in [0, 0.05) is 0 Å². The maximum atomic E-state index is 12.8. The van der Waals surface area contributed by atoms with Gasteiger partial charge in [0.25, 0.3) is 0 Å². The number of benzene rings is 2. The van der Waals surface area contributed by atoms with E-state index in [-0.39, 0.29) is 6.04 Å². The minimum atomic E-state index is -3.57. The SMILES string of the molecule is COc1ccc2c(c1)C[C@H](NS(=O)(=O)c1ccc3c(c1)CCCC3)CO2. The summed E-state index contributed by atoms with van der Waals surface area (Å²) in [5, 5.41) is 0. The van der Waals surface area contributed by atoms with E-state index in [9.17, 15) is 8.42 Å². The summed E-state index contributed by atoms with van der Waals surface area (Å²) in [7, 11) is -1.96. The van der Waals surface area contributed by atoms with Gasteiger partial charge in [0.05, 0.1) is 18.0 Å². The zero-order valence-electron chi connectivity index (χ0n) is 14.8. The standard InChI is InChI=1S/C20H23NO4S/c1-24-18-7-9-20-16(11-18)10-17(13-25-20)21-26(22,23)19-8-6-14-4-2-3-5-15(14)12-19/h6-9,11-12,17,21H,2-5,10,13H2,1H3/t17-/m0/s1. The Morgan fingerprint density at radius 3 is 2.65 bits per heavy atom. The molecule has 0 spiro atoms. The maximum absolute atomic E-state index is 12.8. The lowest BCUT2D eigenvalue weighted by atomic mass is 9.92. The minimum absolute atomic E-state index is 0.296. The predicted molar refractivity (Wildman–Crippen MR) is 99.4 cm³/mol. The van der Waals surface area contributed by atoms with Crippen molar-refractivity contribution in [2.24, 2.45) is 0 Å². The third-order valence-corrected chi connectivity index (χ3v) is 6.64. The number of nitrogens with one attached hydrogen (secondary N) is 1. The molecule has 0 amide bonds. The molecule has 2 aromatic rings. The molecule has 1 aliphatic heterocycles. The Kier molecular flexibility index (Phi) is 4.63. The maximum Gasteiger partial charge on any atom is 0.240 e. The van der Waals surface area contributed by atoms with E-state index in [1.165, 1.54) is 12.0 Å². The number of hydrogen-bond acceptors (Lipinski definition) is 4. The van der Waals surface area contributed by atoms with E-state index >= 15 is 0 Å². The predicted octanol–water partition coefficient (Wildman–Crippen LogP) is 2.86. The molecular weight excluding hydrogens is 350 g/mol. The Morgan fingerprint density at radius 2 is 1.85 bits per heavy atom. The summed E-state index contributed by atoms with van der Waals surface area (Å²) in [4.78, 5) is 0.342. The largest absolute Gasteiger partial charge is 0.497 e. The lowest BCUT2D eigenvalue weighted by Crippen LogP contribution is -2.42. The fraction of sp³-hybridized carbons (Fsp3) is 0.400. The summed E-state index contributed by atoms with van der Waals surface area (Å²) in [6.07, 6.45) is 4.88. The molecule has 1 N–H and O–H groups in total. The van der Waals surface area contributed by atoms with Crippen LogP contribution in [0.1, 0.15) is 29.5 Å². The first kappa shape index (κ1) is 17.4. The third kappa shape index (κ3) is 3.44. The van der Waals surface area contributed by atoms with Gasteiger partial charge in [-0.3, -0.25) is 0 Å². The highest BCUT2D eigenvalue weighted by atomic mass is 32.2. The number of aryl methyl sites for hydroxylation is 2. The van der Waals surface area contributed by atoms with Crippen LogP contribution in [0.2, 0.25) is 0 Å². The van der Waals surface area contributed by atoms with E-state index in [1.807, 2.05) is 30.3 Å². The van der Waals surface area contributed by atoms with Crippen LogP contribution in [0.15, 0.2) is 41.3 Å². The molecule has 0 saturated heterocycles. The molecule has 26 heavy (non-hydrogen) atoms. The number of methoxy groups -OCH3 is 1. The zero-order chi connectivity index (χ0) is 18.1. The molecule has 138 valence electrons. The normalized spacial score (nSPS) is 19.2. The first-order chi connectivity index (χ1) is 12.5. The first-order valence-corrected chi connectivity index (χ1v) is 10.5. The molecule has 0 bridgehead atoms. The van der Waals surface area contributed by atoms with Crippen LogP contribution in [-0.4, -0.2) is 28.2 Å². The summed E-state index contributed by atoms with van der Waals surface area (Å²) < 4.78 is 39.4. The molecule has 0 fully saturated rings. The quantitative estimate of drug-likeness (QED) is 0.895. The Labute approximate surface area is 154 Å². The Bertz CT molecular complexity index is 923. The molecule has 0 aromatic heterocycles. The van der Waals surface area contributed by atoms with Crippen LogP contribution in [0.4, 0.5) is 0 Å². The van der Waals surface area contributed by atoms with Crippen molar-refractivity contribution in [1.29, 1.82) is 0 Å². The molecule has 1 heterocycles. The second kappa shape index (κ2) is 6.93. The Balaban J connectivity index is 1.53. The van der Waals surface area contributed by atoms with Gasteiger partial charge in [-0.05, 0) is 79.1 Å². The summed E-state index contributed by atoms with van der Waals surface area (Å²) in [6, 6.07) is 10.8. The lowest BCUT2D eigenvalue weighted by Gasteiger charge is -2.26. The van der Waals surface area contributed by atoms with Gasteiger partial charge in [0.1, 0.15) is 18.1 Å². The average molecular weight is 373 g/mol. The fourth-order valence-electron chi connectivity index (χ4n) is 3.74. The zero-order valence-corrected chi connectivity index (χ0v) is 15.6. The molecular formula is C20H23NO4S. The van der Waals surface area contributed by atoms with Gasteiger partial charge in [-0.2, -0.15) is 0 Å².